The minimum atomic E-state index is -0.274. The van der Waals surface area contributed by atoms with Gasteiger partial charge in [0, 0.05) is 12.7 Å². The predicted octanol–water partition coefficient (Wildman–Crippen LogP) is 3.68. The van der Waals surface area contributed by atoms with Gasteiger partial charge in [-0.2, -0.15) is 0 Å². The molecule has 3 heteroatoms. The standard InChI is InChI=1S/C17H27NO2/c1-16(2)9-11-17(20-4,12-10-16)15(18)13-7-5-6-8-14(13)19-3/h5-8,15H,9-12,18H2,1-4H3. The normalized spacial score (nSPS) is 22.2. The molecule has 0 saturated heterocycles. The zero-order valence-electron chi connectivity index (χ0n) is 13.1. The van der Waals surface area contributed by atoms with E-state index in [2.05, 4.69) is 13.8 Å². The molecule has 1 saturated carbocycles. The molecule has 0 spiro atoms. The molecular weight excluding hydrogens is 250 g/mol. The number of hydrogen-bond donors (Lipinski definition) is 1. The van der Waals surface area contributed by atoms with E-state index in [1.165, 1.54) is 0 Å². The highest BCUT2D eigenvalue weighted by Crippen LogP contribution is 2.47. The molecule has 0 aliphatic heterocycles. The number of benzene rings is 1. The fourth-order valence-electron chi connectivity index (χ4n) is 3.20. The highest BCUT2D eigenvalue weighted by molar-refractivity contribution is 5.37. The number of rotatable bonds is 4. The number of hydrogen-bond acceptors (Lipinski definition) is 3. The Bertz CT molecular complexity index is 446. The van der Waals surface area contributed by atoms with E-state index in [1.54, 1.807) is 14.2 Å². The first-order valence-corrected chi connectivity index (χ1v) is 7.38. The summed E-state index contributed by atoms with van der Waals surface area (Å²) < 4.78 is 11.4. The molecule has 1 aromatic rings. The van der Waals surface area contributed by atoms with Crippen molar-refractivity contribution in [3.63, 3.8) is 0 Å². The fraction of sp³-hybridized carbons (Fsp3) is 0.647. The molecule has 1 aromatic carbocycles. The van der Waals surface area contributed by atoms with E-state index in [4.69, 9.17) is 15.2 Å². The molecule has 2 rings (SSSR count). The van der Waals surface area contributed by atoms with Gasteiger partial charge in [-0.05, 0) is 37.2 Å². The summed E-state index contributed by atoms with van der Waals surface area (Å²) in [7, 11) is 3.47. The monoisotopic (exact) mass is 277 g/mol. The van der Waals surface area contributed by atoms with Gasteiger partial charge in [-0.3, -0.25) is 0 Å². The Morgan fingerprint density at radius 2 is 1.65 bits per heavy atom. The number of para-hydroxylation sites is 1. The van der Waals surface area contributed by atoms with Crippen molar-refractivity contribution in [3.8, 4) is 5.75 Å². The lowest BCUT2D eigenvalue weighted by atomic mass is 9.67. The fourth-order valence-corrected chi connectivity index (χ4v) is 3.20. The molecule has 3 nitrogen and oxygen atoms in total. The zero-order valence-corrected chi connectivity index (χ0v) is 13.1. The van der Waals surface area contributed by atoms with Crippen LogP contribution < -0.4 is 10.5 Å². The highest BCUT2D eigenvalue weighted by atomic mass is 16.5. The van der Waals surface area contributed by atoms with Gasteiger partial charge in [0.1, 0.15) is 5.75 Å². The molecule has 1 unspecified atom stereocenters. The highest BCUT2D eigenvalue weighted by Gasteiger charge is 2.44. The van der Waals surface area contributed by atoms with Crippen LogP contribution in [0.15, 0.2) is 24.3 Å². The van der Waals surface area contributed by atoms with Crippen LogP contribution in [0.3, 0.4) is 0 Å². The van der Waals surface area contributed by atoms with Crippen molar-refractivity contribution in [1.82, 2.24) is 0 Å². The third-order valence-corrected chi connectivity index (χ3v) is 4.90. The van der Waals surface area contributed by atoms with Gasteiger partial charge in [0.05, 0.1) is 18.8 Å². The summed E-state index contributed by atoms with van der Waals surface area (Å²) in [5.41, 5.74) is 7.73. The van der Waals surface area contributed by atoms with Crippen LogP contribution in [0.4, 0.5) is 0 Å². The molecular formula is C17H27NO2. The zero-order chi connectivity index (χ0) is 14.8. The topological polar surface area (TPSA) is 44.5 Å². The molecule has 1 aliphatic carbocycles. The summed E-state index contributed by atoms with van der Waals surface area (Å²) >= 11 is 0. The van der Waals surface area contributed by atoms with Gasteiger partial charge in [-0.25, -0.2) is 0 Å². The van der Waals surface area contributed by atoms with Crippen LogP contribution >= 0.6 is 0 Å². The summed E-state index contributed by atoms with van der Waals surface area (Å²) in [5, 5.41) is 0. The third-order valence-electron chi connectivity index (χ3n) is 4.90. The molecule has 0 radical (unpaired) electrons. The van der Waals surface area contributed by atoms with Crippen molar-refractivity contribution in [1.29, 1.82) is 0 Å². The lowest BCUT2D eigenvalue weighted by Gasteiger charge is -2.46. The minimum Gasteiger partial charge on any atom is -0.496 e. The van der Waals surface area contributed by atoms with Crippen molar-refractivity contribution in [2.45, 2.75) is 51.2 Å². The maximum atomic E-state index is 6.58. The summed E-state index contributed by atoms with van der Waals surface area (Å²) in [5.74, 6) is 0.848. The molecule has 0 bridgehead atoms. The van der Waals surface area contributed by atoms with Crippen molar-refractivity contribution < 1.29 is 9.47 Å². The SMILES string of the molecule is COc1ccccc1C(N)C1(OC)CCC(C)(C)CC1. The van der Waals surface area contributed by atoms with Crippen LogP contribution in [0.1, 0.15) is 51.1 Å². The first-order chi connectivity index (χ1) is 9.44. The number of ether oxygens (including phenoxy) is 2. The van der Waals surface area contributed by atoms with Gasteiger partial charge in [-0.1, -0.05) is 32.0 Å². The third kappa shape index (κ3) is 2.84. The Morgan fingerprint density at radius 3 is 2.20 bits per heavy atom. The maximum Gasteiger partial charge on any atom is 0.123 e. The van der Waals surface area contributed by atoms with E-state index in [0.29, 0.717) is 5.41 Å². The second-order valence-electron chi connectivity index (χ2n) is 6.65. The lowest BCUT2D eigenvalue weighted by Crippen LogP contribution is -2.47. The Kier molecular flexibility index (Phi) is 4.40. The van der Waals surface area contributed by atoms with Gasteiger partial charge in [0.2, 0.25) is 0 Å². The summed E-state index contributed by atoms with van der Waals surface area (Å²) in [6.07, 6.45) is 4.28. The molecule has 1 atom stereocenters. The van der Waals surface area contributed by atoms with Gasteiger partial charge in [0.25, 0.3) is 0 Å². The summed E-state index contributed by atoms with van der Waals surface area (Å²) in [6.45, 7) is 4.64. The molecule has 112 valence electrons. The Morgan fingerprint density at radius 1 is 1.05 bits per heavy atom. The predicted molar refractivity (Wildman–Crippen MR) is 81.9 cm³/mol. The molecule has 1 fully saturated rings. The van der Waals surface area contributed by atoms with Gasteiger partial charge in [0.15, 0.2) is 0 Å². The second kappa shape index (κ2) is 5.74. The van der Waals surface area contributed by atoms with E-state index in [1.807, 2.05) is 24.3 Å². The molecule has 0 aromatic heterocycles. The van der Waals surface area contributed by atoms with Gasteiger partial charge >= 0.3 is 0 Å². The van der Waals surface area contributed by atoms with Crippen LogP contribution in [0.25, 0.3) is 0 Å². The van der Waals surface area contributed by atoms with Crippen molar-refractivity contribution in [2.75, 3.05) is 14.2 Å². The van der Waals surface area contributed by atoms with E-state index in [-0.39, 0.29) is 11.6 Å². The van der Waals surface area contributed by atoms with Crippen molar-refractivity contribution in [3.05, 3.63) is 29.8 Å². The Hall–Kier alpha value is -1.06. The maximum absolute atomic E-state index is 6.58. The van der Waals surface area contributed by atoms with Gasteiger partial charge in [-0.15, -0.1) is 0 Å². The largest absolute Gasteiger partial charge is 0.496 e. The van der Waals surface area contributed by atoms with Crippen molar-refractivity contribution in [2.24, 2.45) is 11.1 Å². The van der Waals surface area contributed by atoms with Crippen LogP contribution in [-0.4, -0.2) is 19.8 Å². The molecule has 2 N–H and O–H groups in total. The van der Waals surface area contributed by atoms with E-state index in [0.717, 1.165) is 37.0 Å². The van der Waals surface area contributed by atoms with Crippen LogP contribution in [0.2, 0.25) is 0 Å². The summed E-state index contributed by atoms with van der Waals surface area (Å²) in [4.78, 5) is 0. The molecule has 1 aliphatic rings. The molecule has 0 heterocycles. The quantitative estimate of drug-likeness (QED) is 0.913. The number of methoxy groups -OCH3 is 2. The van der Waals surface area contributed by atoms with E-state index in [9.17, 15) is 0 Å². The first kappa shape index (κ1) is 15.3. The van der Waals surface area contributed by atoms with E-state index < -0.39 is 0 Å². The van der Waals surface area contributed by atoms with Crippen LogP contribution in [0.5, 0.6) is 5.75 Å². The van der Waals surface area contributed by atoms with Crippen molar-refractivity contribution >= 4 is 0 Å². The Balaban J connectivity index is 2.27. The Labute approximate surface area is 122 Å². The molecule has 0 amide bonds. The van der Waals surface area contributed by atoms with E-state index >= 15 is 0 Å². The number of nitrogens with two attached hydrogens (primary N) is 1. The van der Waals surface area contributed by atoms with Crippen LogP contribution in [0, 0.1) is 5.41 Å². The average Bonchev–Trinajstić information content (AvgIpc) is 2.47. The second-order valence-corrected chi connectivity index (χ2v) is 6.65. The minimum absolute atomic E-state index is 0.153. The lowest BCUT2D eigenvalue weighted by molar-refractivity contribution is -0.0797. The average molecular weight is 277 g/mol. The molecule has 20 heavy (non-hydrogen) atoms. The summed E-state index contributed by atoms with van der Waals surface area (Å²) in [6, 6.07) is 7.83. The van der Waals surface area contributed by atoms with Crippen LogP contribution in [-0.2, 0) is 4.74 Å². The first-order valence-electron chi connectivity index (χ1n) is 7.38. The smallest absolute Gasteiger partial charge is 0.123 e. The van der Waals surface area contributed by atoms with Gasteiger partial charge < -0.3 is 15.2 Å².